The predicted octanol–water partition coefficient (Wildman–Crippen LogP) is 5.08. The number of para-hydroxylation sites is 1. The zero-order valence-electron chi connectivity index (χ0n) is 19.2. The number of amides is 2. The predicted molar refractivity (Wildman–Crippen MR) is 130 cm³/mol. The van der Waals surface area contributed by atoms with Gasteiger partial charge in [0.1, 0.15) is 11.3 Å². The van der Waals surface area contributed by atoms with E-state index in [1.807, 2.05) is 48.2 Å². The third-order valence-corrected chi connectivity index (χ3v) is 7.00. The second kappa shape index (κ2) is 9.40. The van der Waals surface area contributed by atoms with Crippen LogP contribution < -0.4 is 5.32 Å². The highest BCUT2D eigenvalue weighted by molar-refractivity contribution is 6.14. The summed E-state index contributed by atoms with van der Waals surface area (Å²) in [5.41, 5.74) is 2.69. The van der Waals surface area contributed by atoms with Crippen molar-refractivity contribution >= 4 is 28.5 Å². The molecule has 2 fully saturated rings. The monoisotopic (exact) mass is 445 g/mol. The Bertz CT molecular complexity index is 1140. The van der Waals surface area contributed by atoms with Crippen molar-refractivity contribution in [3.05, 3.63) is 65.4 Å². The van der Waals surface area contributed by atoms with E-state index in [9.17, 15) is 9.59 Å². The molecule has 0 aliphatic carbocycles. The summed E-state index contributed by atoms with van der Waals surface area (Å²) in [7, 11) is 0. The fourth-order valence-electron chi connectivity index (χ4n) is 5.07. The average molecular weight is 446 g/mol. The van der Waals surface area contributed by atoms with Gasteiger partial charge in [0.2, 0.25) is 5.76 Å². The van der Waals surface area contributed by atoms with E-state index in [-0.39, 0.29) is 17.6 Å². The SMILES string of the molecule is Cc1ccc(C(=O)Nc2c(C(=O)N3CCC(N4CCCCC4)CC3)oc3ccccc23)cc1. The van der Waals surface area contributed by atoms with Gasteiger partial charge in [-0.15, -0.1) is 0 Å². The molecule has 3 heterocycles. The number of piperidine rings is 2. The van der Waals surface area contributed by atoms with Crippen molar-refractivity contribution in [3.8, 4) is 0 Å². The molecule has 172 valence electrons. The molecule has 1 aromatic heterocycles. The number of anilines is 1. The van der Waals surface area contributed by atoms with Gasteiger partial charge < -0.3 is 19.5 Å². The Morgan fingerprint density at radius 3 is 2.33 bits per heavy atom. The normalized spacial score (nSPS) is 17.9. The molecule has 5 rings (SSSR count). The lowest BCUT2D eigenvalue weighted by atomic mass is 9.99. The summed E-state index contributed by atoms with van der Waals surface area (Å²) in [5, 5.41) is 3.70. The molecule has 0 saturated carbocycles. The minimum Gasteiger partial charge on any atom is -0.449 e. The standard InChI is InChI=1S/C27H31N3O3/c1-19-9-11-20(12-10-19)26(31)28-24-22-7-3-4-8-23(22)33-25(24)27(32)30-17-13-21(14-18-30)29-15-5-2-6-16-29/h3-4,7-12,21H,2,5-6,13-18H2,1H3,(H,28,31). The number of aryl methyl sites for hydroxylation is 1. The summed E-state index contributed by atoms with van der Waals surface area (Å²) < 4.78 is 6.00. The number of carbonyl (C=O) groups is 2. The maximum atomic E-state index is 13.5. The van der Waals surface area contributed by atoms with Crippen LogP contribution in [-0.2, 0) is 0 Å². The fraction of sp³-hybridized carbons (Fsp3) is 0.407. The van der Waals surface area contributed by atoms with Gasteiger partial charge in [-0.3, -0.25) is 9.59 Å². The summed E-state index contributed by atoms with van der Waals surface area (Å²) >= 11 is 0. The lowest BCUT2D eigenvalue weighted by Gasteiger charge is -2.40. The molecule has 0 atom stereocenters. The Morgan fingerprint density at radius 1 is 0.909 bits per heavy atom. The van der Waals surface area contributed by atoms with Crippen molar-refractivity contribution in [1.29, 1.82) is 0 Å². The molecule has 2 aromatic carbocycles. The minimum absolute atomic E-state index is 0.150. The molecule has 33 heavy (non-hydrogen) atoms. The van der Waals surface area contributed by atoms with E-state index in [2.05, 4.69) is 10.2 Å². The summed E-state index contributed by atoms with van der Waals surface area (Å²) in [5.74, 6) is -0.185. The van der Waals surface area contributed by atoms with Crippen LogP contribution in [0.4, 0.5) is 5.69 Å². The van der Waals surface area contributed by atoms with E-state index < -0.39 is 0 Å². The van der Waals surface area contributed by atoms with Crippen molar-refractivity contribution in [2.24, 2.45) is 0 Å². The maximum Gasteiger partial charge on any atom is 0.291 e. The third-order valence-electron chi connectivity index (χ3n) is 7.00. The third kappa shape index (κ3) is 4.53. The molecule has 2 aliphatic heterocycles. The Kier molecular flexibility index (Phi) is 6.18. The van der Waals surface area contributed by atoms with Crippen molar-refractivity contribution in [2.75, 3.05) is 31.5 Å². The molecule has 6 heteroatoms. The summed E-state index contributed by atoms with van der Waals surface area (Å²) in [6.45, 7) is 5.76. The Labute approximate surface area is 194 Å². The number of fused-ring (bicyclic) bond motifs is 1. The molecule has 0 spiro atoms. The highest BCUT2D eigenvalue weighted by Crippen LogP contribution is 2.33. The first-order chi connectivity index (χ1) is 16.1. The van der Waals surface area contributed by atoms with Gasteiger partial charge in [-0.05, 0) is 70.0 Å². The van der Waals surface area contributed by atoms with Crippen LogP contribution in [0.2, 0.25) is 0 Å². The van der Waals surface area contributed by atoms with Crippen LogP contribution in [0.5, 0.6) is 0 Å². The number of nitrogens with zero attached hydrogens (tertiary/aromatic N) is 2. The van der Waals surface area contributed by atoms with E-state index in [1.54, 1.807) is 12.1 Å². The number of carbonyl (C=O) groups excluding carboxylic acids is 2. The van der Waals surface area contributed by atoms with Gasteiger partial charge in [0.05, 0.1) is 0 Å². The van der Waals surface area contributed by atoms with Crippen LogP contribution in [0.15, 0.2) is 52.9 Å². The Hall–Kier alpha value is -3.12. The van der Waals surface area contributed by atoms with Gasteiger partial charge >= 0.3 is 0 Å². The highest BCUT2D eigenvalue weighted by atomic mass is 16.3. The van der Waals surface area contributed by atoms with Gasteiger partial charge in [0.25, 0.3) is 11.8 Å². The van der Waals surface area contributed by atoms with Crippen molar-refractivity contribution in [1.82, 2.24) is 9.80 Å². The molecule has 6 nitrogen and oxygen atoms in total. The molecule has 1 N–H and O–H groups in total. The molecule has 3 aromatic rings. The van der Waals surface area contributed by atoms with Crippen molar-refractivity contribution in [2.45, 2.75) is 45.1 Å². The van der Waals surface area contributed by atoms with Crippen LogP contribution in [0.25, 0.3) is 11.0 Å². The second-order valence-corrected chi connectivity index (χ2v) is 9.24. The first-order valence-corrected chi connectivity index (χ1v) is 12.0. The van der Waals surface area contributed by atoms with Gasteiger partial charge in [-0.2, -0.15) is 0 Å². The number of nitrogens with one attached hydrogen (secondary N) is 1. The molecule has 0 unspecified atom stereocenters. The summed E-state index contributed by atoms with van der Waals surface area (Å²) in [6, 6.07) is 15.4. The number of furan rings is 1. The van der Waals surface area contributed by atoms with Gasteiger partial charge in [0, 0.05) is 30.1 Å². The topological polar surface area (TPSA) is 65.8 Å². The fourth-order valence-corrected chi connectivity index (χ4v) is 5.07. The van der Waals surface area contributed by atoms with E-state index in [0.29, 0.717) is 36.0 Å². The zero-order chi connectivity index (χ0) is 22.8. The quantitative estimate of drug-likeness (QED) is 0.608. The molecule has 0 radical (unpaired) electrons. The molecule has 2 aliphatic rings. The van der Waals surface area contributed by atoms with Crippen LogP contribution in [0.1, 0.15) is 58.6 Å². The molecular weight excluding hydrogens is 414 g/mol. The lowest BCUT2D eigenvalue weighted by molar-refractivity contribution is 0.0565. The van der Waals surface area contributed by atoms with E-state index in [4.69, 9.17) is 4.42 Å². The largest absolute Gasteiger partial charge is 0.449 e. The number of hydrogen-bond acceptors (Lipinski definition) is 4. The number of rotatable bonds is 4. The van der Waals surface area contributed by atoms with Crippen LogP contribution in [-0.4, -0.2) is 53.8 Å². The zero-order valence-corrected chi connectivity index (χ0v) is 19.2. The van der Waals surface area contributed by atoms with Crippen LogP contribution in [0, 0.1) is 6.92 Å². The van der Waals surface area contributed by atoms with Gasteiger partial charge in [0.15, 0.2) is 0 Å². The molecule has 0 bridgehead atoms. The minimum atomic E-state index is -0.251. The van der Waals surface area contributed by atoms with E-state index >= 15 is 0 Å². The number of benzene rings is 2. The summed E-state index contributed by atoms with van der Waals surface area (Å²) in [6.07, 6.45) is 5.86. The van der Waals surface area contributed by atoms with Gasteiger partial charge in [-0.1, -0.05) is 36.2 Å². The smallest absolute Gasteiger partial charge is 0.291 e. The first-order valence-electron chi connectivity index (χ1n) is 12.0. The number of likely N-dealkylation sites (tertiary alicyclic amines) is 2. The lowest BCUT2D eigenvalue weighted by Crippen LogP contribution is -2.48. The Morgan fingerprint density at radius 2 is 1.61 bits per heavy atom. The number of hydrogen-bond donors (Lipinski definition) is 1. The highest BCUT2D eigenvalue weighted by Gasteiger charge is 2.31. The maximum absolute atomic E-state index is 13.5. The molecule has 2 saturated heterocycles. The van der Waals surface area contributed by atoms with Crippen LogP contribution in [0.3, 0.4) is 0 Å². The van der Waals surface area contributed by atoms with Crippen molar-refractivity contribution < 1.29 is 14.0 Å². The Balaban J connectivity index is 1.36. The molecule has 2 amide bonds. The average Bonchev–Trinajstić information content (AvgIpc) is 3.23. The second-order valence-electron chi connectivity index (χ2n) is 9.24. The van der Waals surface area contributed by atoms with E-state index in [1.165, 1.54) is 32.4 Å². The first kappa shape index (κ1) is 21.7. The van der Waals surface area contributed by atoms with Gasteiger partial charge in [-0.25, -0.2) is 0 Å². The van der Waals surface area contributed by atoms with Crippen molar-refractivity contribution in [3.63, 3.8) is 0 Å². The summed E-state index contributed by atoms with van der Waals surface area (Å²) in [4.78, 5) is 30.9. The van der Waals surface area contributed by atoms with E-state index in [0.717, 1.165) is 23.8 Å². The molecular formula is C27H31N3O3. The van der Waals surface area contributed by atoms with Crippen LogP contribution >= 0.6 is 0 Å².